The predicted octanol–water partition coefficient (Wildman–Crippen LogP) is 3.14. The number of rotatable bonds is 5. The summed E-state index contributed by atoms with van der Waals surface area (Å²) in [6.07, 6.45) is 0. The lowest BCUT2D eigenvalue weighted by Crippen LogP contribution is -2.04. The van der Waals surface area contributed by atoms with Gasteiger partial charge in [0.25, 0.3) is 0 Å². The van der Waals surface area contributed by atoms with Gasteiger partial charge in [0.2, 0.25) is 0 Å². The van der Waals surface area contributed by atoms with E-state index in [-0.39, 0.29) is 5.56 Å². The molecule has 0 aliphatic carbocycles. The summed E-state index contributed by atoms with van der Waals surface area (Å²) in [5.41, 5.74) is 1.22. The Kier molecular flexibility index (Phi) is 4.20. The van der Waals surface area contributed by atoms with E-state index in [9.17, 15) is 9.18 Å². The zero-order valence-electron chi connectivity index (χ0n) is 10.9. The smallest absolute Gasteiger partial charge is 0.335 e. The first-order chi connectivity index (χ1) is 9.60. The van der Waals surface area contributed by atoms with Crippen molar-refractivity contribution in [2.24, 2.45) is 0 Å². The summed E-state index contributed by atoms with van der Waals surface area (Å²) in [7, 11) is 1.57. The molecule has 2 aromatic rings. The van der Waals surface area contributed by atoms with Crippen molar-refractivity contribution >= 4 is 11.7 Å². The Labute approximate surface area is 115 Å². The monoisotopic (exact) mass is 275 g/mol. The second kappa shape index (κ2) is 6.06. The van der Waals surface area contributed by atoms with E-state index in [0.717, 1.165) is 17.4 Å². The highest BCUT2D eigenvalue weighted by Crippen LogP contribution is 2.20. The van der Waals surface area contributed by atoms with Crippen LogP contribution in [-0.4, -0.2) is 18.2 Å². The van der Waals surface area contributed by atoms with E-state index in [4.69, 9.17) is 9.84 Å². The van der Waals surface area contributed by atoms with Crippen molar-refractivity contribution in [1.82, 2.24) is 0 Å². The molecule has 2 N–H and O–H groups in total. The molecule has 0 unspecified atom stereocenters. The van der Waals surface area contributed by atoms with E-state index in [1.54, 1.807) is 7.11 Å². The molecule has 104 valence electrons. The number of anilines is 1. The number of aromatic carboxylic acids is 1. The number of benzene rings is 2. The molecular formula is C15H14FNO3. The summed E-state index contributed by atoms with van der Waals surface area (Å²) in [5.74, 6) is -1.04. The zero-order chi connectivity index (χ0) is 14.5. The topological polar surface area (TPSA) is 58.6 Å². The van der Waals surface area contributed by atoms with Crippen LogP contribution in [0.1, 0.15) is 15.9 Å². The van der Waals surface area contributed by atoms with Gasteiger partial charge in [0.1, 0.15) is 11.6 Å². The van der Waals surface area contributed by atoms with Gasteiger partial charge in [0, 0.05) is 17.8 Å². The average molecular weight is 275 g/mol. The second-order valence-electron chi connectivity index (χ2n) is 4.20. The second-order valence-corrected chi connectivity index (χ2v) is 4.20. The van der Waals surface area contributed by atoms with E-state index in [2.05, 4.69) is 5.32 Å². The fourth-order valence-electron chi connectivity index (χ4n) is 1.86. The van der Waals surface area contributed by atoms with Crippen LogP contribution in [0.4, 0.5) is 10.1 Å². The minimum atomic E-state index is -1.16. The van der Waals surface area contributed by atoms with Crippen LogP contribution in [0.2, 0.25) is 0 Å². The molecule has 0 bridgehead atoms. The average Bonchev–Trinajstić information content (AvgIpc) is 2.44. The number of halogens is 1. The predicted molar refractivity (Wildman–Crippen MR) is 73.7 cm³/mol. The number of carboxylic acid groups (broad SMARTS) is 1. The van der Waals surface area contributed by atoms with Crippen LogP contribution in [-0.2, 0) is 6.54 Å². The zero-order valence-corrected chi connectivity index (χ0v) is 10.9. The molecule has 0 aromatic heterocycles. The van der Waals surface area contributed by atoms with Gasteiger partial charge in [0.05, 0.1) is 12.7 Å². The normalized spacial score (nSPS) is 10.1. The van der Waals surface area contributed by atoms with Gasteiger partial charge in [-0.1, -0.05) is 18.2 Å². The minimum absolute atomic E-state index is 0.0903. The molecule has 0 saturated carbocycles. The minimum Gasteiger partial charge on any atom is -0.496 e. The molecule has 0 spiro atoms. The molecule has 0 amide bonds. The van der Waals surface area contributed by atoms with Gasteiger partial charge in [0.15, 0.2) is 0 Å². The van der Waals surface area contributed by atoms with Crippen LogP contribution >= 0.6 is 0 Å². The van der Waals surface area contributed by atoms with Gasteiger partial charge in [-0.15, -0.1) is 0 Å². The van der Waals surface area contributed by atoms with Crippen molar-refractivity contribution in [1.29, 1.82) is 0 Å². The third kappa shape index (κ3) is 3.26. The lowest BCUT2D eigenvalue weighted by Gasteiger charge is -2.11. The molecule has 0 saturated heterocycles. The van der Waals surface area contributed by atoms with Crippen molar-refractivity contribution in [2.75, 3.05) is 12.4 Å². The van der Waals surface area contributed by atoms with Crippen molar-refractivity contribution in [3.63, 3.8) is 0 Å². The number of para-hydroxylation sites is 1. The van der Waals surface area contributed by atoms with E-state index >= 15 is 0 Å². The van der Waals surface area contributed by atoms with Crippen LogP contribution in [0.15, 0.2) is 42.5 Å². The highest BCUT2D eigenvalue weighted by Gasteiger charge is 2.08. The molecule has 0 fully saturated rings. The molecule has 2 rings (SSSR count). The SMILES string of the molecule is COc1ccccc1CNc1cc(F)cc(C(=O)O)c1. The summed E-state index contributed by atoms with van der Waals surface area (Å²) in [6.45, 7) is 0.409. The number of carboxylic acids is 1. The first-order valence-electron chi connectivity index (χ1n) is 6.00. The largest absolute Gasteiger partial charge is 0.496 e. The van der Waals surface area contributed by atoms with Gasteiger partial charge < -0.3 is 15.2 Å². The third-order valence-corrected chi connectivity index (χ3v) is 2.82. The fraction of sp³-hybridized carbons (Fsp3) is 0.133. The number of carbonyl (C=O) groups is 1. The molecule has 0 atom stereocenters. The number of ether oxygens (including phenoxy) is 1. The molecule has 0 radical (unpaired) electrons. The van der Waals surface area contributed by atoms with Crippen LogP contribution in [0.25, 0.3) is 0 Å². The van der Waals surface area contributed by atoms with E-state index in [1.807, 2.05) is 24.3 Å². The van der Waals surface area contributed by atoms with Gasteiger partial charge in [-0.25, -0.2) is 9.18 Å². The summed E-state index contributed by atoms with van der Waals surface area (Å²) >= 11 is 0. The van der Waals surface area contributed by atoms with Gasteiger partial charge in [-0.2, -0.15) is 0 Å². The Morgan fingerprint density at radius 3 is 2.75 bits per heavy atom. The molecular weight excluding hydrogens is 261 g/mol. The Hall–Kier alpha value is -2.56. The Balaban J connectivity index is 2.16. The molecule has 0 aliphatic rings. The highest BCUT2D eigenvalue weighted by atomic mass is 19.1. The third-order valence-electron chi connectivity index (χ3n) is 2.82. The molecule has 4 nitrogen and oxygen atoms in total. The van der Waals surface area contributed by atoms with Crippen molar-refractivity contribution in [3.05, 3.63) is 59.4 Å². The molecule has 20 heavy (non-hydrogen) atoms. The molecule has 0 aliphatic heterocycles. The van der Waals surface area contributed by atoms with Crippen LogP contribution in [0.3, 0.4) is 0 Å². The first kappa shape index (κ1) is 13.9. The van der Waals surface area contributed by atoms with Gasteiger partial charge in [-0.3, -0.25) is 0 Å². The lowest BCUT2D eigenvalue weighted by molar-refractivity contribution is 0.0696. The number of nitrogens with one attached hydrogen (secondary N) is 1. The van der Waals surface area contributed by atoms with Crippen LogP contribution in [0.5, 0.6) is 5.75 Å². The highest BCUT2D eigenvalue weighted by molar-refractivity contribution is 5.88. The number of hydrogen-bond donors (Lipinski definition) is 2. The standard InChI is InChI=1S/C15H14FNO3/c1-20-14-5-3-2-4-10(14)9-17-13-7-11(15(18)19)6-12(16)8-13/h2-8,17H,9H2,1H3,(H,18,19). The maximum absolute atomic E-state index is 13.3. The van der Waals surface area contributed by atoms with Gasteiger partial charge in [-0.05, 0) is 24.3 Å². The maximum Gasteiger partial charge on any atom is 0.335 e. The van der Waals surface area contributed by atoms with E-state index < -0.39 is 11.8 Å². The number of hydrogen-bond acceptors (Lipinski definition) is 3. The number of methoxy groups -OCH3 is 1. The molecule has 5 heteroatoms. The summed E-state index contributed by atoms with van der Waals surface area (Å²) < 4.78 is 18.5. The fourth-order valence-corrected chi connectivity index (χ4v) is 1.86. The van der Waals surface area contributed by atoms with E-state index in [1.165, 1.54) is 12.1 Å². The first-order valence-corrected chi connectivity index (χ1v) is 6.00. The van der Waals surface area contributed by atoms with Crippen molar-refractivity contribution < 1.29 is 19.0 Å². The Bertz CT molecular complexity index is 628. The van der Waals surface area contributed by atoms with Crippen molar-refractivity contribution in [2.45, 2.75) is 6.54 Å². The van der Waals surface area contributed by atoms with Crippen LogP contribution < -0.4 is 10.1 Å². The summed E-state index contributed by atoms with van der Waals surface area (Å²) in [5, 5.41) is 11.9. The Morgan fingerprint density at radius 1 is 1.30 bits per heavy atom. The van der Waals surface area contributed by atoms with Crippen molar-refractivity contribution in [3.8, 4) is 5.75 Å². The maximum atomic E-state index is 13.3. The Morgan fingerprint density at radius 2 is 2.05 bits per heavy atom. The van der Waals surface area contributed by atoms with E-state index in [0.29, 0.717) is 12.2 Å². The summed E-state index contributed by atoms with van der Waals surface area (Å²) in [4.78, 5) is 10.9. The van der Waals surface area contributed by atoms with Gasteiger partial charge >= 0.3 is 5.97 Å². The van der Waals surface area contributed by atoms with Crippen LogP contribution in [0, 0.1) is 5.82 Å². The molecule has 2 aromatic carbocycles. The lowest BCUT2D eigenvalue weighted by atomic mass is 10.1. The summed E-state index contributed by atoms with van der Waals surface area (Å²) in [6, 6.07) is 11.1. The molecule has 0 heterocycles. The quantitative estimate of drug-likeness (QED) is 0.880.